The summed E-state index contributed by atoms with van der Waals surface area (Å²) in [7, 11) is 0. The largest absolute Gasteiger partial charge is 0.325 e. The highest BCUT2D eigenvalue weighted by Gasteiger charge is 2.22. The molecular formula is C16H15N5O3S. The summed E-state index contributed by atoms with van der Waals surface area (Å²) in [6.07, 6.45) is 2.05. The van der Waals surface area contributed by atoms with Crippen molar-refractivity contribution < 1.29 is 0 Å². The Morgan fingerprint density at radius 3 is 2.84 bits per heavy atom. The molecule has 1 aliphatic rings. The molecule has 0 unspecified atom stereocenters. The lowest BCUT2D eigenvalue weighted by molar-refractivity contribution is 0.240. The maximum absolute atomic E-state index is 12.5. The van der Waals surface area contributed by atoms with Crippen molar-refractivity contribution in [2.45, 2.75) is 19.5 Å². The van der Waals surface area contributed by atoms with Gasteiger partial charge in [-0.15, -0.1) is 11.3 Å². The first-order valence-corrected chi connectivity index (χ1v) is 8.67. The topological polar surface area (TPSA) is 115 Å². The molecular weight excluding hydrogens is 342 g/mol. The molecule has 128 valence electrons. The Labute approximate surface area is 145 Å². The number of aromatic nitrogens is 4. The van der Waals surface area contributed by atoms with E-state index in [2.05, 4.69) is 19.9 Å². The summed E-state index contributed by atoms with van der Waals surface area (Å²) in [5.41, 5.74) is 0.816. The molecule has 0 saturated carbocycles. The number of H-pyrrole nitrogens is 3. The van der Waals surface area contributed by atoms with Gasteiger partial charge >= 0.3 is 5.69 Å². The van der Waals surface area contributed by atoms with Crippen molar-refractivity contribution in [1.82, 2.24) is 24.8 Å². The molecule has 0 aromatic carbocycles. The number of nitrogens with one attached hydrogen (secondary N) is 3. The zero-order chi connectivity index (χ0) is 17.4. The quantitative estimate of drug-likeness (QED) is 0.629. The van der Waals surface area contributed by atoms with Gasteiger partial charge in [0.15, 0.2) is 5.82 Å². The number of hydrogen-bond acceptors (Lipinski definition) is 6. The predicted molar refractivity (Wildman–Crippen MR) is 93.7 cm³/mol. The first-order valence-electron chi connectivity index (χ1n) is 7.79. The smallest absolute Gasteiger partial charge is 0.314 e. The van der Waals surface area contributed by atoms with E-state index in [4.69, 9.17) is 0 Å². The van der Waals surface area contributed by atoms with Gasteiger partial charge in [0, 0.05) is 37.8 Å². The second-order valence-electron chi connectivity index (χ2n) is 5.87. The second-order valence-corrected chi connectivity index (χ2v) is 6.82. The molecule has 0 bridgehead atoms. The van der Waals surface area contributed by atoms with E-state index in [-0.39, 0.29) is 5.56 Å². The Morgan fingerprint density at radius 2 is 2.08 bits per heavy atom. The maximum atomic E-state index is 12.5. The molecule has 3 N–H and O–H groups in total. The monoisotopic (exact) mass is 357 g/mol. The van der Waals surface area contributed by atoms with Crippen LogP contribution < -0.4 is 16.8 Å². The number of aromatic amines is 3. The van der Waals surface area contributed by atoms with Crippen LogP contribution in [-0.4, -0.2) is 31.4 Å². The number of rotatable bonds is 3. The first kappa shape index (κ1) is 15.7. The highest BCUT2D eigenvalue weighted by atomic mass is 32.1. The van der Waals surface area contributed by atoms with Crippen LogP contribution in [0.4, 0.5) is 0 Å². The molecule has 3 aromatic rings. The van der Waals surface area contributed by atoms with Gasteiger partial charge in [0.1, 0.15) is 0 Å². The molecule has 4 heterocycles. The van der Waals surface area contributed by atoms with Crippen LogP contribution in [0.1, 0.15) is 16.8 Å². The lowest BCUT2D eigenvalue weighted by atomic mass is 10.1. The van der Waals surface area contributed by atoms with Crippen LogP contribution >= 0.6 is 11.3 Å². The summed E-state index contributed by atoms with van der Waals surface area (Å²) in [6.45, 7) is 1.46. The van der Waals surface area contributed by atoms with Gasteiger partial charge in [-0.1, -0.05) is 6.07 Å². The van der Waals surface area contributed by atoms with E-state index in [1.54, 1.807) is 0 Å². The number of nitrogens with zero attached hydrogens (tertiary/aromatic N) is 2. The molecule has 0 amide bonds. The highest BCUT2D eigenvalue weighted by molar-refractivity contribution is 7.13. The summed E-state index contributed by atoms with van der Waals surface area (Å²) in [4.78, 5) is 50.4. The van der Waals surface area contributed by atoms with Crippen LogP contribution in [0.15, 0.2) is 38.1 Å². The molecule has 1 aliphatic heterocycles. The summed E-state index contributed by atoms with van der Waals surface area (Å²) < 4.78 is 0. The minimum Gasteiger partial charge on any atom is -0.314 e. The van der Waals surface area contributed by atoms with Gasteiger partial charge in [-0.25, -0.2) is 9.78 Å². The van der Waals surface area contributed by atoms with E-state index < -0.39 is 11.2 Å². The summed E-state index contributed by atoms with van der Waals surface area (Å²) in [6, 6.07) is 3.84. The standard InChI is InChI=1S/C16H15N5O3S/c22-14-9(6-17-16(24)20-14)7-21-4-3-11-10(8-21)15(23)19-13(18-11)12-2-1-5-25-12/h1-2,5-6H,3-4,7-8H2,(H,18,19,23)(H2,17,20,22,24). The Balaban J connectivity index is 1.60. The Bertz CT molecular complexity index is 1080. The van der Waals surface area contributed by atoms with Gasteiger partial charge in [0.05, 0.1) is 16.1 Å². The number of fused-ring (bicyclic) bond motifs is 1. The maximum Gasteiger partial charge on any atom is 0.325 e. The fourth-order valence-electron chi connectivity index (χ4n) is 2.94. The third kappa shape index (κ3) is 3.11. The minimum absolute atomic E-state index is 0.145. The lowest BCUT2D eigenvalue weighted by Gasteiger charge is -2.27. The van der Waals surface area contributed by atoms with Crippen LogP contribution in [0.5, 0.6) is 0 Å². The molecule has 25 heavy (non-hydrogen) atoms. The third-order valence-corrected chi connectivity index (χ3v) is 5.07. The molecule has 9 heteroatoms. The van der Waals surface area contributed by atoms with E-state index in [0.717, 1.165) is 10.6 Å². The normalized spacial score (nSPS) is 14.4. The van der Waals surface area contributed by atoms with Crippen LogP contribution in [0.3, 0.4) is 0 Å². The Hall–Kier alpha value is -2.78. The molecule has 0 saturated heterocycles. The van der Waals surface area contributed by atoms with E-state index in [9.17, 15) is 14.4 Å². The highest BCUT2D eigenvalue weighted by Crippen LogP contribution is 2.22. The van der Waals surface area contributed by atoms with Crippen LogP contribution in [0, 0.1) is 0 Å². The number of thiophene rings is 1. The van der Waals surface area contributed by atoms with Gasteiger partial charge in [0.25, 0.3) is 11.1 Å². The average molecular weight is 357 g/mol. The van der Waals surface area contributed by atoms with Crippen molar-refractivity contribution in [2.24, 2.45) is 0 Å². The van der Waals surface area contributed by atoms with Gasteiger partial charge in [0.2, 0.25) is 0 Å². The zero-order valence-electron chi connectivity index (χ0n) is 13.2. The SMILES string of the molecule is O=c1[nH]cc(CN2CCc3nc(-c4cccs4)[nH]c(=O)c3C2)c(=O)[nH]1. The molecule has 0 spiro atoms. The Morgan fingerprint density at radius 1 is 1.20 bits per heavy atom. The molecule has 0 radical (unpaired) electrons. The van der Waals surface area contributed by atoms with Crippen molar-refractivity contribution in [2.75, 3.05) is 6.54 Å². The first-order chi connectivity index (χ1) is 12.1. The van der Waals surface area contributed by atoms with Crippen LogP contribution in [-0.2, 0) is 19.5 Å². The van der Waals surface area contributed by atoms with Crippen molar-refractivity contribution in [1.29, 1.82) is 0 Å². The Kier molecular flexibility index (Phi) is 3.94. The molecule has 3 aromatic heterocycles. The molecule has 8 nitrogen and oxygen atoms in total. The van der Waals surface area contributed by atoms with Crippen LogP contribution in [0.2, 0.25) is 0 Å². The predicted octanol–water partition coefficient (Wildman–Crippen LogP) is 0.433. The molecule has 0 fully saturated rings. The average Bonchev–Trinajstić information content (AvgIpc) is 3.12. The van der Waals surface area contributed by atoms with Crippen molar-refractivity contribution in [3.05, 3.63) is 71.7 Å². The lowest BCUT2D eigenvalue weighted by Crippen LogP contribution is -2.37. The van der Waals surface area contributed by atoms with Crippen molar-refractivity contribution in [3.8, 4) is 10.7 Å². The van der Waals surface area contributed by atoms with E-state index in [1.807, 2.05) is 22.4 Å². The fourth-order valence-corrected chi connectivity index (χ4v) is 3.61. The summed E-state index contributed by atoms with van der Waals surface area (Å²) in [5.74, 6) is 0.601. The van der Waals surface area contributed by atoms with Crippen LogP contribution in [0.25, 0.3) is 10.7 Å². The van der Waals surface area contributed by atoms with E-state index in [1.165, 1.54) is 17.5 Å². The van der Waals surface area contributed by atoms with Crippen molar-refractivity contribution >= 4 is 11.3 Å². The van der Waals surface area contributed by atoms with Gasteiger partial charge in [-0.3, -0.25) is 19.5 Å². The fraction of sp³-hybridized carbons (Fsp3) is 0.250. The van der Waals surface area contributed by atoms with E-state index in [0.29, 0.717) is 43.0 Å². The molecule has 0 aliphatic carbocycles. The third-order valence-electron chi connectivity index (χ3n) is 4.19. The number of hydrogen-bond donors (Lipinski definition) is 3. The molecule has 0 atom stereocenters. The van der Waals surface area contributed by atoms with E-state index >= 15 is 0 Å². The van der Waals surface area contributed by atoms with Gasteiger partial charge < -0.3 is 9.97 Å². The van der Waals surface area contributed by atoms with Gasteiger partial charge in [-0.05, 0) is 11.4 Å². The summed E-state index contributed by atoms with van der Waals surface area (Å²) >= 11 is 1.53. The zero-order valence-corrected chi connectivity index (χ0v) is 14.0. The molecule has 4 rings (SSSR count). The van der Waals surface area contributed by atoms with Gasteiger partial charge in [-0.2, -0.15) is 0 Å². The van der Waals surface area contributed by atoms with Crippen molar-refractivity contribution in [3.63, 3.8) is 0 Å². The second kappa shape index (κ2) is 6.26. The summed E-state index contributed by atoms with van der Waals surface area (Å²) in [5, 5.41) is 1.94. The minimum atomic E-state index is -0.528.